The van der Waals surface area contributed by atoms with Crippen LogP contribution in [0.1, 0.15) is 83.1 Å². The molecule has 0 heterocycles. The molecule has 1 atom stereocenters. The van der Waals surface area contributed by atoms with Gasteiger partial charge in [0.1, 0.15) is 28.4 Å². The van der Waals surface area contributed by atoms with Crippen molar-refractivity contribution >= 4 is 23.9 Å². The van der Waals surface area contributed by atoms with E-state index in [4.69, 9.17) is 18.9 Å². The Kier molecular flexibility index (Phi) is 13.4. The standard InChI is InChI=1S/C27H50N2O9/c1-24(2,3)35-20(31)15-28(16-21(32)36-25(4,5)6)13-14-29(17-22(33)37-26(7,8)9)19(18-30)23(34)38-27(10,11)12/h19,30H,13-18H2,1-12H3/t19-/m0/s1. The molecule has 0 spiro atoms. The third kappa shape index (κ3) is 18.1. The molecule has 11 nitrogen and oxygen atoms in total. The topological polar surface area (TPSA) is 132 Å². The summed E-state index contributed by atoms with van der Waals surface area (Å²) in [6.45, 7) is 19.3. The van der Waals surface area contributed by atoms with E-state index in [-0.39, 0.29) is 32.7 Å². The van der Waals surface area contributed by atoms with Crippen molar-refractivity contribution in [1.29, 1.82) is 0 Å². The van der Waals surface area contributed by atoms with Crippen LogP contribution in [0.4, 0.5) is 0 Å². The first-order valence-corrected chi connectivity index (χ1v) is 12.9. The molecule has 0 saturated heterocycles. The Morgan fingerprint density at radius 2 is 0.921 bits per heavy atom. The number of esters is 4. The van der Waals surface area contributed by atoms with Crippen molar-refractivity contribution in [2.75, 3.05) is 39.3 Å². The van der Waals surface area contributed by atoms with Gasteiger partial charge in [0.25, 0.3) is 0 Å². The predicted molar refractivity (Wildman–Crippen MR) is 142 cm³/mol. The molecule has 222 valence electrons. The predicted octanol–water partition coefficient (Wildman–Crippen LogP) is 2.32. The third-order valence-electron chi connectivity index (χ3n) is 4.29. The maximum absolute atomic E-state index is 12.9. The number of hydrogen-bond acceptors (Lipinski definition) is 11. The quantitative estimate of drug-likeness (QED) is 0.286. The molecule has 1 N–H and O–H groups in total. The molecule has 0 aliphatic rings. The Morgan fingerprint density at radius 3 is 1.24 bits per heavy atom. The van der Waals surface area contributed by atoms with Gasteiger partial charge in [0, 0.05) is 13.1 Å². The zero-order valence-electron chi connectivity index (χ0n) is 25.4. The Morgan fingerprint density at radius 1 is 0.579 bits per heavy atom. The van der Waals surface area contributed by atoms with E-state index in [1.54, 1.807) is 83.1 Å². The van der Waals surface area contributed by atoms with Gasteiger partial charge in [-0.05, 0) is 83.1 Å². The van der Waals surface area contributed by atoms with Crippen molar-refractivity contribution in [3.8, 4) is 0 Å². The van der Waals surface area contributed by atoms with E-state index >= 15 is 0 Å². The average Bonchev–Trinajstić information content (AvgIpc) is 2.59. The highest BCUT2D eigenvalue weighted by atomic mass is 16.6. The van der Waals surface area contributed by atoms with Gasteiger partial charge in [-0.1, -0.05) is 0 Å². The lowest BCUT2D eigenvalue weighted by Gasteiger charge is -2.33. The Hall–Kier alpha value is -2.24. The van der Waals surface area contributed by atoms with Crippen LogP contribution in [0.2, 0.25) is 0 Å². The lowest BCUT2D eigenvalue weighted by atomic mass is 10.1. The number of aliphatic hydroxyl groups is 1. The lowest BCUT2D eigenvalue weighted by Crippen LogP contribution is -2.52. The van der Waals surface area contributed by atoms with Crippen molar-refractivity contribution in [2.45, 2.75) is 112 Å². The molecule has 0 rings (SSSR count). The molecule has 38 heavy (non-hydrogen) atoms. The minimum atomic E-state index is -1.17. The van der Waals surface area contributed by atoms with Crippen LogP contribution in [0, 0.1) is 0 Å². The molecule has 0 aromatic carbocycles. The third-order valence-corrected chi connectivity index (χ3v) is 4.29. The molecular formula is C27H50N2O9. The van der Waals surface area contributed by atoms with Crippen LogP contribution >= 0.6 is 0 Å². The molecule has 0 fully saturated rings. The molecule has 0 radical (unpaired) electrons. The highest BCUT2D eigenvalue weighted by Crippen LogP contribution is 2.14. The number of hydrogen-bond donors (Lipinski definition) is 1. The zero-order valence-corrected chi connectivity index (χ0v) is 25.4. The molecule has 11 heteroatoms. The maximum Gasteiger partial charge on any atom is 0.326 e. The van der Waals surface area contributed by atoms with Gasteiger partial charge < -0.3 is 24.1 Å². The highest BCUT2D eigenvalue weighted by molar-refractivity contribution is 5.78. The number of aliphatic hydroxyl groups excluding tert-OH is 1. The van der Waals surface area contributed by atoms with E-state index < -0.39 is 58.9 Å². The summed E-state index contributed by atoms with van der Waals surface area (Å²) >= 11 is 0. The summed E-state index contributed by atoms with van der Waals surface area (Å²) in [7, 11) is 0. The minimum absolute atomic E-state index is 0.0231. The number of rotatable bonds is 12. The largest absolute Gasteiger partial charge is 0.459 e. The molecule has 0 aliphatic carbocycles. The summed E-state index contributed by atoms with van der Waals surface area (Å²) < 4.78 is 21.7. The van der Waals surface area contributed by atoms with E-state index in [0.717, 1.165) is 0 Å². The van der Waals surface area contributed by atoms with Crippen LogP contribution in [0.5, 0.6) is 0 Å². The first kappa shape index (κ1) is 35.8. The summed E-state index contributed by atoms with van der Waals surface area (Å²) in [5.74, 6) is -2.42. The molecule has 0 bridgehead atoms. The molecular weight excluding hydrogens is 496 g/mol. The fourth-order valence-corrected chi connectivity index (χ4v) is 3.19. The van der Waals surface area contributed by atoms with E-state index in [9.17, 15) is 24.3 Å². The van der Waals surface area contributed by atoms with Gasteiger partial charge in [0.2, 0.25) is 0 Å². The Labute approximate surface area is 228 Å². The van der Waals surface area contributed by atoms with E-state index in [0.29, 0.717) is 0 Å². The van der Waals surface area contributed by atoms with Crippen molar-refractivity contribution in [2.24, 2.45) is 0 Å². The van der Waals surface area contributed by atoms with Gasteiger partial charge in [0.05, 0.1) is 26.2 Å². The fourth-order valence-electron chi connectivity index (χ4n) is 3.19. The molecule has 0 amide bonds. The second kappa shape index (κ2) is 14.2. The second-order valence-corrected chi connectivity index (χ2v) is 13.2. The SMILES string of the molecule is CC(C)(C)OC(=O)CN(CCN(CC(=O)OC(C)(C)C)[C@@H](CO)C(=O)OC(C)(C)C)CC(=O)OC(C)(C)C. The van der Waals surface area contributed by atoms with Gasteiger partial charge in [-0.15, -0.1) is 0 Å². The van der Waals surface area contributed by atoms with Crippen LogP contribution in [-0.4, -0.2) is 107 Å². The van der Waals surface area contributed by atoms with Crippen molar-refractivity contribution in [3.05, 3.63) is 0 Å². The Bertz CT molecular complexity index is 769. The van der Waals surface area contributed by atoms with Gasteiger partial charge in [-0.2, -0.15) is 0 Å². The summed E-state index contributed by atoms with van der Waals surface area (Å²) in [6, 6.07) is -1.17. The number of ether oxygens (including phenoxy) is 4. The van der Waals surface area contributed by atoms with Gasteiger partial charge in [0.15, 0.2) is 0 Å². The van der Waals surface area contributed by atoms with E-state index in [1.807, 2.05) is 0 Å². The van der Waals surface area contributed by atoms with Crippen LogP contribution in [0.15, 0.2) is 0 Å². The van der Waals surface area contributed by atoms with Crippen LogP contribution in [-0.2, 0) is 38.1 Å². The molecule has 0 saturated carbocycles. The molecule has 0 aliphatic heterocycles. The minimum Gasteiger partial charge on any atom is -0.459 e. The van der Waals surface area contributed by atoms with Gasteiger partial charge in [-0.25, -0.2) is 0 Å². The molecule has 0 aromatic rings. The fraction of sp³-hybridized carbons (Fsp3) is 0.852. The smallest absolute Gasteiger partial charge is 0.326 e. The average molecular weight is 547 g/mol. The summed E-state index contributed by atoms with van der Waals surface area (Å²) in [6.07, 6.45) is 0. The zero-order chi connectivity index (χ0) is 30.1. The van der Waals surface area contributed by atoms with Gasteiger partial charge in [-0.3, -0.25) is 29.0 Å². The highest BCUT2D eigenvalue weighted by Gasteiger charge is 2.33. The number of carbonyl (C=O) groups is 4. The van der Waals surface area contributed by atoms with Crippen LogP contribution < -0.4 is 0 Å². The van der Waals surface area contributed by atoms with Crippen LogP contribution in [0.25, 0.3) is 0 Å². The van der Waals surface area contributed by atoms with Crippen molar-refractivity contribution in [3.63, 3.8) is 0 Å². The number of carbonyl (C=O) groups excluding carboxylic acids is 4. The second-order valence-electron chi connectivity index (χ2n) is 13.2. The van der Waals surface area contributed by atoms with E-state index in [1.165, 1.54) is 9.80 Å². The lowest BCUT2D eigenvalue weighted by molar-refractivity contribution is -0.168. The molecule has 0 aromatic heterocycles. The van der Waals surface area contributed by atoms with E-state index in [2.05, 4.69) is 0 Å². The molecule has 0 unspecified atom stereocenters. The van der Waals surface area contributed by atoms with Crippen molar-refractivity contribution < 1.29 is 43.2 Å². The first-order chi connectivity index (χ1) is 16.9. The van der Waals surface area contributed by atoms with Crippen molar-refractivity contribution in [1.82, 2.24) is 9.80 Å². The summed E-state index contributed by atoms with van der Waals surface area (Å²) in [5, 5.41) is 10.1. The maximum atomic E-state index is 12.9. The van der Waals surface area contributed by atoms with Crippen LogP contribution in [0.3, 0.4) is 0 Å². The Balaban J connectivity index is 5.91. The first-order valence-electron chi connectivity index (χ1n) is 12.9. The van der Waals surface area contributed by atoms with Gasteiger partial charge >= 0.3 is 23.9 Å². The summed E-state index contributed by atoms with van der Waals surface area (Å²) in [4.78, 5) is 53.6. The number of nitrogens with zero attached hydrogens (tertiary/aromatic N) is 2. The summed E-state index contributed by atoms with van der Waals surface area (Å²) in [5.41, 5.74) is -3.03. The normalized spacial score (nSPS) is 13.8. The monoisotopic (exact) mass is 546 g/mol.